The molecule has 204 valence electrons. The molecule has 0 spiro atoms. The molecule has 1 fully saturated rings. The number of carbonyl (C=O) groups is 2. The van der Waals surface area contributed by atoms with Gasteiger partial charge in [0.15, 0.2) is 5.11 Å². The lowest BCUT2D eigenvalue weighted by atomic mass is 10.0. The van der Waals surface area contributed by atoms with Gasteiger partial charge in [-0.15, -0.1) is 0 Å². The predicted molar refractivity (Wildman–Crippen MR) is 162 cm³/mol. The molecule has 2 aromatic heterocycles. The molecule has 3 heterocycles. The molecule has 9 heteroatoms. The Morgan fingerprint density at radius 1 is 0.951 bits per heavy atom. The number of benzene rings is 3. The van der Waals surface area contributed by atoms with Gasteiger partial charge in [0.05, 0.1) is 23.3 Å². The molecule has 41 heavy (non-hydrogen) atoms. The van der Waals surface area contributed by atoms with Gasteiger partial charge < -0.3 is 25.2 Å². The van der Waals surface area contributed by atoms with Crippen LogP contribution in [0.2, 0.25) is 0 Å². The molecule has 1 aliphatic heterocycles. The second-order valence-corrected chi connectivity index (χ2v) is 10.2. The number of aromatic carboxylic acids is 1. The van der Waals surface area contributed by atoms with Crippen LogP contribution in [-0.2, 0) is 4.79 Å². The minimum Gasteiger partial charge on any atom is -0.478 e. The molecule has 0 saturated carbocycles. The van der Waals surface area contributed by atoms with Gasteiger partial charge in [0, 0.05) is 47.8 Å². The van der Waals surface area contributed by atoms with Gasteiger partial charge in [-0.1, -0.05) is 48.5 Å². The summed E-state index contributed by atoms with van der Waals surface area (Å²) in [5.74, 6) is -1.11. The number of thiocarbonyl (C=S) groups is 1. The Bertz CT molecular complexity index is 1750. The van der Waals surface area contributed by atoms with E-state index in [0.717, 1.165) is 33.5 Å². The third kappa shape index (κ3) is 5.27. The van der Waals surface area contributed by atoms with Gasteiger partial charge >= 0.3 is 5.97 Å². The van der Waals surface area contributed by atoms with Crippen LogP contribution in [-0.4, -0.2) is 43.1 Å². The van der Waals surface area contributed by atoms with Gasteiger partial charge in [0.2, 0.25) is 5.91 Å². The van der Waals surface area contributed by atoms with Crippen LogP contribution in [0.3, 0.4) is 0 Å². The third-order valence-electron chi connectivity index (χ3n) is 7.30. The van der Waals surface area contributed by atoms with E-state index < -0.39 is 5.97 Å². The minimum absolute atomic E-state index is 0.117. The van der Waals surface area contributed by atoms with Crippen molar-refractivity contribution in [1.82, 2.24) is 19.8 Å². The van der Waals surface area contributed by atoms with E-state index in [4.69, 9.17) is 12.2 Å². The Labute approximate surface area is 242 Å². The van der Waals surface area contributed by atoms with Gasteiger partial charge in [0.25, 0.3) is 0 Å². The number of anilines is 1. The van der Waals surface area contributed by atoms with E-state index in [2.05, 4.69) is 15.6 Å². The van der Waals surface area contributed by atoms with E-state index in [1.54, 1.807) is 24.4 Å². The molecular weight excluding hydrogens is 534 g/mol. The Hall–Kier alpha value is -5.02. The second kappa shape index (κ2) is 11.2. The monoisotopic (exact) mass is 561 g/mol. The molecule has 1 saturated heterocycles. The number of pyridine rings is 1. The molecule has 3 N–H and O–H groups in total. The van der Waals surface area contributed by atoms with Crippen LogP contribution in [0.1, 0.15) is 40.3 Å². The molecule has 8 nitrogen and oxygen atoms in total. The summed E-state index contributed by atoms with van der Waals surface area (Å²) >= 11 is 5.80. The summed E-state index contributed by atoms with van der Waals surface area (Å²) in [5, 5.41) is 18.6. The minimum atomic E-state index is -0.991. The Balaban J connectivity index is 1.30. The van der Waals surface area contributed by atoms with Crippen LogP contribution in [0.4, 0.5) is 5.69 Å². The first-order chi connectivity index (χ1) is 20.0. The van der Waals surface area contributed by atoms with E-state index in [1.807, 2.05) is 94.5 Å². The van der Waals surface area contributed by atoms with Gasteiger partial charge in [-0.25, -0.2) is 4.79 Å². The fraction of sp³-hybridized carbons (Fsp3) is 0.125. The SMILES string of the molecule is O=C(CCN1C(=S)N[C@H](c2ccccn2)[C@H]1c1cccn1-c1cccc(C(=O)O)c1)Nc1cccc2ccccc12. The molecular formula is C32H27N5O3S. The third-order valence-corrected chi connectivity index (χ3v) is 7.65. The Kier molecular flexibility index (Phi) is 7.18. The van der Waals surface area contributed by atoms with Crippen molar-refractivity contribution in [3.8, 4) is 5.69 Å². The topological polar surface area (TPSA) is 99.5 Å². The average Bonchev–Trinajstić information content (AvgIpc) is 3.61. The summed E-state index contributed by atoms with van der Waals surface area (Å²) < 4.78 is 1.96. The number of carboxylic acids is 1. The molecule has 0 radical (unpaired) electrons. The highest BCUT2D eigenvalue weighted by atomic mass is 32.1. The second-order valence-electron chi connectivity index (χ2n) is 9.80. The summed E-state index contributed by atoms with van der Waals surface area (Å²) in [6.07, 6.45) is 3.86. The van der Waals surface area contributed by atoms with Crippen LogP contribution >= 0.6 is 12.2 Å². The van der Waals surface area contributed by atoms with Crippen molar-refractivity contribution in [2.75, 3.05) is 11.9 Å². The van der Waals surface area contributed by atoms with Gasteiger partial charge in [0.1, 0.15) is 0 Å². The number of fused-ring (bicyclic) bond motifs is 1. The first kappa shape index (κ1) is 26.2. The number of hydrogen-bond donors (Lipinski definition) is 3. The summed E-state index contributed by atoms with van der Waals surface area (Å²) in [5.41, 5.74) is 3.39. The van der Waals surface area contributed by atoms with Gasteiger partial charge in [-0.05, 0) is 66.1 Å². The number of rotatable bonds is 8. The lowest BCUT2D eigenvalue weighted by Crippen LogP contribution is -2.33. The first-order valence-electron chi connectivity index (χ1n) is 13.3. The van der Waals surface area contributed by atoms with E-state index in [9.17, 15) is 14.7 Å². The van der Waals surface area contributed by atoms with Crippen molar-refractivity contribution < 1.29 is 14.7 Å². The van der Waals surface area contributed by atoms with E-state index in [0.29, 0.717) is 11.7 Å². The van der Waals surface area contributed by atoms with E-state index in [1.165, 1.54) is 0 Å². The fourth-order valence-corrected chi connectivity index (χ4v) is 5.73. The standard InChI is InChI=1S/C32H27N5O3S/c38-28(34-25-14-6-9-21-8-1-2-12-24(21)25)16-19-37-30(29(35-32(37)41)26-13-3-4-17-33-26)27-15-7-18-36(27)23-11-5-10-22(20-23)31(39)40/h1-15,17-18,20,29-30H,16,19H2,(H,34,38)(H,35,41)(H,39,40)/t29-,30-/m1/s1. The number of nitrogens with zero attached hydrogens (tertiary/aromatic N) is 3. The van der Waals surface area contributed by atoms with E-state index in [-0.39, 0.29) is 30.0 Å². The van der Waals surface area contributed by atoms with Crippen LogP contribution in [0, 0.1) is 0 Å². The van der Waals surface area contributed by atoms with Crippen molar-refractivity contribution in [2.45, 2.75) is 18.5 Å². The largest absolute Gasteiger partial charge is 0.478 e. The number of hydrogen-bond acceptors (Lipinski definition) is 4. The molecule has 0 bridgehead atoms. The van der Waals surface area contributed by atoms with E-state index >= 15 is 0 Å². The van der Waals surface area contributed by atoms with Crippen molar-refractivity contribution in [3.63, 3.8) is 0 Å². The lowest BCUT2D eigenvalue weighted by Gasteiger charge is -2.29. The lowest BCUT2D eigenvalue weighted by molar-refractivity contribution is -0.116. The maximum Gasteiger partial charge on any atom is 0.335 e. The first-order valence-corrected chi connectivity index (χ1v) is 13.7. The predicted octanol–water partition coefficient (Wildman–Crippen LogP) is 5.73. The quantitative estimate of drug-likeness (QED) is 0.208. The zero-order valence-electron chi connectivity index (χ0n) is 22.0. The number of carboxylic acid groups (broad SMARTS) is 1. The van der Waals surface area contributed by atoms with Crippen molar-refractivity contribution in [3.05, 3.63) is 126 Å². The average molecular weight is 562 g/mol. The van der Waals surface area contributed by atoms with Crippen LogP contribution in [0.15, 0.2) is 109 Å². The fourth-order valence-electron chi connectivity index (χ4n) is 5.40. The summed E-state index contributed by atoms with van der Waals surface area (Å²) in [6.45, 7) is 0.372. The summed E-state index contributed by atoms with van der Waals surface area (Å²) in [4.78, 5) is 31.4. The number of aromatic nitrogens is 2. The molecule has 5 aromatic rings. The van der Waals surface area contributed by atoms with Gasteiger partial charge in [-0.3, -0.25) is 9.78 Å². The van der Waals surface area contributed by atoms with Crippen molar-refractivity contribution in [1.29, 1.82) is 0 Å². The molecule has 3 aromatic carbocycles. The number of carbonyl (C=O) groups excluding carboxylic acids is 1. The molecule has 6 rings (SSSR count). The smallest absolute Gasteiger partial charge is 0.335 e. The normalized spacial score (nSPS) is 16.5. The highest BCUT2D eigenvalue weighted by Gasteiger charge is 2.41. The Morgan fingerprint density at radius 2 is 1.76 bits per heavy atom. The van der Waals surface area contributed by atoms with Crippen molar-refractivity contribution in [2.24, 2.45) is 0 Å². The van der Waals surface area contributed by atoms with Crippen LogP contribution in [0.5, 0.6) is 0 Å². The van der Waals surface area contributed by atoms with Gasteiger partial charge in [-0.2, -0.15) is 0 Å². The molecule has 0 unspecified atom stereocenters. The molecule has 0 aliphatic carbocycles. The number of amides is 1. The zero-order chi connectivity index (χ0) is 28.3. The maximum absolute atomic E-state index is 13.2. The zero-order valence-corrected chi connectivity index (χ0v) is 22.8. The summed E-state index contributed by atoms with van der Waals surface area (Å²) in [7, 11) is 0. The Morgan fingerprint density at radius 3 is 2.59 bits per heavy atom. The van der Waals surface area contributed by atoms with Crippen molar-refractivity contribution >= 4 is 45.7 Å². The van der Waals surface area contributed by atoms with Crippen LogP contribution < -0.4 is 10.6 Å². The maximum atomic E-state index is 13.2. The van der Waals surface area contributed by atoms with Crippen LogP contribution in [0.25, 0.3) is 16.5 Å². The molecule has 2 atom stereocenters. The number of nitrogens with one attached hydrogen (secondary N) is 2. The molecule has 1 aliphatic rings. The molecule has 1 amide bonds. The highest BCUT2D eigenvalue weighted by Crippen LogP contribution is 2.39. The highest BCUT2D eigenvalue weighted by molar-refractivity contribution is 7.80. The summed E-state index contributed by atoms with van der Waals surface area (Å²) in [6, 6.07) is 29.7.